The number of ether oxygens (including phenoxy) is 1. The van der Waals surface area contributed by atoms with Gasteiger partial charge in [0.25, 0.3) is 0 Å². The van der Waals surface area contributed by atoms with Crippen molar-refractivity contribution in [2.45, 2.75) is 65.3 Å². The van der Waals surface area contributed by atoms with Crippen LogP contribution in [0.1, 0.15) is 46.7 Å². The summed E-state index contributed by atoms with van der Waals surface area (Å²) in [4.78, 5) is 7.21. The highest BCUT2D eigenvalue weighted by Crippen LogP contribution is 2.27. The fourth-order valence-electron chi connectivity index (χ4n) is 2.28. The van der Waals surface area contributed by atoms with Gasteiger partial charge in [-0.25, -0.2) is 4.98 Å². The predicted octanol–water partition coefficient (Wildman–Crippen LogP) is 3.03. The van der Waals surface area contributed by atoms with Gasteiger partial charge in [0, 0.05) is 24.0 Å². The molecule has 1 fully saturated rings. The number of aromatic nitrogens is 1. The van der Waals surface area contributed by atoms with Crippen molar-refractivity contribution in [1.29, 1.82) is 0 Å². The van der Waals surface area contributed by atoms with Gasteiger partial charge in [-0.3, -0.25) is 0 Å². The molecule has 0 spiro atoms. The summed E-state index contributed by atoms with van der Waals surface area (Å²) in [6.07, 6.45) is 1.39. The van der Waals surface area contributed by atoms with E-state index in [4.69, 9.17) is 9.72 Å². The first-order valence-electron chi connectivity index (χ1n) is 7.46. The normalized spacial score (nSPS) is 24.1. The fourth-order valence-corrected chi connectivity index (χ4v) is 3.19. The van der Waals surface area contributed by atoms with E-state index in [0.717, 1.165) is 36.9 Å². The number of rotatable bonds is 4. The molecule has 4 nitrogen and oxygen atoms in total. The molecule has 114 valence electrons. The lowest BCUT2D eigenvalue weighted by molar-refractivity contribution is 0.0299. The maximum atomic E-state index is 5.75. The predicted molar refractivity (Wildman–Crippen MR) is 85.5 cm³/mol. The molecular weight excluding hydrogens is 270 g/mol. The molecule has 2 rings (SSSR count). The van der Waals surface area contributed by atoms with Crippen LogP contribution in [0, 0.1) is 0 Å². The van der Waals surface area contributed by atoms with Gasteiger partial charge in [-0.1, -0.05) is 6.92 Å². The average Bonchev–Trinajstić information content (AvgIpc) is 2.84. The molecule has 1 aromatic heterocycles. The van der Waals surface area contributed by atoms with Crippen molar-refractivity contribution in [1.82, 2.24) is 10.3 Å². The Balaban J connectivity index is 2.03. The van der Waals surface area contributed by atoms with Crippen molar-refractivity contribution in [3.05, 3.63) is 11.1 Å². The lowest BCUT2D eigenvalue weighted by Crippen LogP contribution is -2.48. The van der Waals surface area contributed by atoms with Crippen LogP contribution in [0.2, 0.25) is 0 Å². The molecule has 0 aliphatic carbocycles. The zero-order valence-corrected chi connectivity index (χ0v) is 14.1. The summed E-state index contributed by atoms with van der Waals surface area (Å²) in [5, 5.41) is 6.79. The van der Waals surface area contributed by atoms with Gasteiger partial charge in [-0.15, -0.1) is 11.3 Å². The molecule has 2 heterocycles. The van der Waals surface area contributed by atoms with Gasteiger partial charge in [0.15, 0.2) is 5.13 Å². The monoisotopic (exact) mass is 297 g/mol. The SMILES string of the molecule is CCC1COC(C)CN1c1nc(CNC(C)(C)C)cs1. The summed E-state index contributed by atoms with van der Waals surface area (Å²) < 4.78 is 5.75. The summed E-state index contributed by atoms with van der Waals surface area (Å²) in [5.74, 6) is 0. The highest BCUT2D eigenvalue weighted by Gasteiger charge is 2.27. The summed E-state index contributed by atoms with van der Waals surface area (Å²) >= 11 is 1.75. The van der Waals surface area contributed by atoms with Crippen LogP contribution in [-0.4, -0.2) is 35.8 Å². The number of hydrogen-bond donors (Lipinski definition) is 1. The van der Waals surface area contributed by atoms with Gasteiger partial charge < -0.3 is 15.0 Å². The Kier molecular flexibility index (Phi) is 5.04. The van der Waals surface area contributed by atoms with Gasteiger partial charge in [0.2, 0.25) is 0 Å². The van der Waals surface area contributed by atoms with Crippen LogP contribution in [0.4, 0.5) is 5.13 Å². The van der Waals surface area contributed by atoms with E-state index in [1.807, 2.05) is 0 Å². The van der Waals surface area contributed by atoms with E-state index in [-0.39, 0.29) is 11.6 Å². The molecule has 2 unspecified atom stereocenters. The third-order valence-corrected chi connectivity index (χ3v) is 4.45. The first kappa shape index (κ1) is 15.7. The van der Waals surface area contributed by atoms with Crippen molar-refractivity contribution in [2.75, 3.05) is 18.1 Å². The maximum absolute atomic E-state index is 5.75. The molecule has 1 N–H and O–H groups in total. The zero-order chi connectivity index (χ0) is 14.8. The molecule has 0 radical (unpaired) electrons. The molecule has 0 bridgehead atoms. The van der Waals surface area contributed by atoms with E-state index < -0.39 is 0 Å². The second-order valence-electron chi connectivity index (χ2n) is 6.58. The van der Waals surface area contributed by atoms with Gasteiger partial charge in [-0.2, -0.15) is 0 Å². The average molecular weight is 297 g/mol. The van der Waals surface area contributed by atoms with Crippen LogP contribution in [0.25, 0.3) is 0 Å². The largest absolute Gasteiger partial charge is 0.375 e. The molecule has 5 heteroatoms. The van der Waals surface area contributed by atoms with Gasteiger partial charge in [0.1, 0.15) is 0 Å². The lowest BCUT2D eigenvalue weighted by Gasteiger charge is -2.38. The Morgan fingerprint density at radius 2 is 2.25 bits per heavy atom. The van der Waals surface area contributed by atoms with Crippen molar-refractivity contribution in [2.24, 2.45) is 0 Å². The number of hydrogen-bond acceptors (Lipinski definition) is 5. The minimum atomic E-state index is 0.128. The molecular formula is C15H27N3OS. The van der Waals surface area contributed by atoms with Crippen molar-refractivity contribution < 1.29 is 4.74 Å². The summed E-state index contributed by atoms with van der Waals surface area (Å²) in [6.45, 7) is 13.5. The van der Waals surface area contributed by atoms with Crippen LogP contribution in [0.15, 0.2) is 5.38 Å². The Bertz CT molecular complexity index is 427. The first-order valence-corrected chi connectivity index (χ1v) is 8.34. The van der Waals surface area contributed by atoms with E-state index in [1.165, 1.54) is 0 Å². The number of nitrogens with one attached hydrogen (secondary N) is 1. The number of anilines is 1. The molecule has 1 aromatic rings. The molecule has 20 heavy (non-hydrogen) atoms. The minimum Gasteiger partial charge on any atom is -0.375 e. The number of nitrogens with zero attached hydrogens (tertiary/aromatic N) is 2. The molecule has 2 atom stereocenters. The first-order chi connectivity index (χ1) is 9.39. The summed E-state index contributed by atoms with van der Waals surface area (Å²) in [5.41, 5.74) is 1.26. The minimum absolute atomic E-state index is 0.128. The second kappa shape index (κ2) is 6.41. The van der Waals surface area contributed by atoms with Crippen molar-refractivity contribution >= 4 is 16.5 Å². The highest BCUT2D eigenvalue weighted by atomic mass is 32.1. The zero-order valence-electron chi connectivity index (χ0n) is 13.3. The third-order valence-electron chi connectivity index (χ3n) is 3.52. The van der Waals surface area contributed by atoms with E-state index in [2.05, 4.69) is 50.2 Å². The summed E-state index contributed by atoms with van der Waals surface area (Å²) in [6, 6.07) is 0.459. The smallest absolute Gasteiger partial charge is 0.185 e. The van der Waals surface area contributed by atoms with Crippen molar-refractivity contribution in [3.63, 3.8) is 0 Å². The van der Waals surface area contributed by atoms with Crippen LogP contribution in [-0.2, 0) is 11.3 Å². The Hall–Kier alpha value is -0.650. The Labute approximate surface area is 126 Å². The number of morpholine rings is 1. The highest BCUT2D eigenvalue weighted by molar-refractivity contribution is 7.13. The van der Waals surface area contributed by atoms with E-state index >= 15 is 0 Å². The molecule has 1 aliphatic rings. The van der Waals surface area contributed by atoms with Crippen LogP contribution in [0.5, 0.6) is 0 Å². The molecule has 1 aliphatic heterocycles. The van der Waals surface area contributed by atoms with Gasteiger partial charge in [0.05, 0.1) is 24.4 Å². The molecule has 0 saturated carbocycles. The van der Waals surface area contributed by atoms with E-state index in [0.29, 0.717) is 6.04 Å². The standard InChI is InChI=1S/C15H27N3OS/c1-6-13-9-19-11(2)8-18(13)14-17-12(10-20-14)7-16-15(3,4)5/h10-11,13,16H,6-9H2,1-5H3. The third kappa shape index (κ3) is 4.17. The van der Waals surface area contributed by atoms with Gasteiger partial charge in [-0.05, 0) is 34.1 Å². The van der Waals surface area contributed by atoms with E-state index in [9.17, 15) is 0 Å². The van der Waals surface area contributed by atoms with Gasteiger partial charge >= 0.3 is 0 Å². The number of thiazole rings is 1. The quantitative estimate of drug-likeness (QED) is 0.927. The lowest BCUT2D eigenvalue weighted by atomic mass is 10.1. The Morgan fingerprint density at radius 1 is 1.50 bits per heavy atom. The van der Waals surface area contributed by atoms with Crippen molar-refractivity contribution in [3.8, 4) is 0 Å². The van der Waals surface area contributed by atoms with E-state index in [1.54, 1.807) is 11.3 Å². The van der Waals surface area contributed by atoms with Crippen LogP contribution >= 0.6 is 11.3 Å². The topological polar surface area (TPSA) is 37.4 Å². The van der Waals surface area contributed by atoms with Crippen LogP contribution in [0.3, 0.4) is 0 Å². The molecule has 0 aromatic carbocycles. The second-order valence-corrected chi connectivity index (χ2v) is 7.42. The van der Waals surface area contributed by atoms with Crippen LogP contribution < -0.4 is 10.2 Å². The molecule has 1 saturated heterocycles. The summed E-state index contributed by atoms with van der Waals surface area (Å²) in [7, 11) is 0. The Morgan fingerprint density at radius 3 is 2.90 bits per heavy atom. The fraction of sp³-hybridized carbons (Fsp3) is 0.800. The maximum Gasteiger partial charge on any atom is 0.185 e. The molecule has 0 amide bonds.